The van der Waals surface area contributed by atoms with Crippen molar-refractivity contribution >= 4 is 11.9 Å². The Morgan fingerprint density at radius 3 is 1.35 bits per heavy atom. The molecule has 12 nitrogen and oxygen atoms in total. The molecule has 14 atom stereocenters. The first-order valence-electron chi connectivity index (χ1n) is 30.6. The third-order valence-corrected chi connectivity index (χ3v) is 25.4. The smallest absolute Gasteiger partial charge is 0.311 e. The maximum Gasteiger partial charge on any atom is 0.311 e. The van der Waals surface area contributed by atoms with E-state index in [1.807, 2.05) is 40.2 Å². The number of aliphatic hydroxyl groups is 2. The molecule has 0 unspecified atom stereocenters. The van der Waals surface area contributed by atoms with Crippen LogP contribution in [0.25, 0.3) is 0 Å². The minimum atomic E-state index is -1.02. The highest BCUT2D eigenvalue weighted by molar-refractivity contribution is 5.76. The fourth-order valence-corrected chi connectivity index (χ4v) is 20.4. The molecular formula is C65H90N2O10. The standard InChI is InChI=1S/C65H90N2O10/c1-56(2,3)58(7,70)44-34-60-24-26-64(44,72-9)54-62(60)28-30-66(36-38-16-17-38)46(60)32-40-20-22-42(52(76-54)50(40)62)74-48(68)14-12-11-13-15-49(69)75-43-23-21-41-33-47-61-25-27-65(73-10,45(35-61)59(8,71)57(4,5)6)55-63(61,51(41)53(43)77-55)29-31-67(47)37-39-18-19-39/h20-23,38-39,44-47,54-55,70-71H,11-19,24-37H2,1-10H3/t44-,45-,46-,47-,54-,55-,58+,59+,60-,61-,62+,63+,64-,65-/m1/s1. The van der Waals surface area contributed by atoms with E-state index in [0.29, 0.717) is 54.3 Å². The van der Waals surface area contributed by atoms with Crippen molar-refractivity contribution in [2.75, 3.05) is 40.4 Å². The fourth-order valence-electron chi connectivity index (χ4n) is 20.4. The predicted molar refractivity (Wildman–Crippen MR) is 291 cm³/mol. The number of unbranched alkanes of at least 4 members (excludes halogenated alkanes) is 2. The van der Waals surface area contributed by atoms with Crippen LogP contribution in [-0.2, 0) is 42.7 Å². The minimum absolute atomic E-state index is 0.0970. The van der Waals surface area contributed by atoms with Crippen molar-refractivity contribution < 1.29 is 48.2 Å². The zero-order valence-electron chi connectivity index (χ0n) is 48.2. The fraction of sp³-hybridized carbons (Fsp3) is 0.785. The Labute approximate surface area is 458 Å². The molecule has 420 valence electrons. The van der Waals surface area contributed by atoms with Gasteiger partial charge in [0.15, 0.2) is 23.0 Å². The van der Waals surface area contributed by atoms with Gasteiger partial charge in [0.25, 0.3) is 0 Å². The third-order valence-electron chi connectivity index (χ3n) is 25.4. The monoisotopic (exact) mass is 1060 g/mol. The largest absolute Gasteiger partial charge is 0.482 e. The summed E-state index contributed by atoms with van der Waals surface area (Å²) in [5.74, 6) is 3.09. The molecule has 4 aliphatic heterocycles. The van der Waals surface area contributed by atoms with Gasteiger partial charge in [-0.2, -0.15) is 0 Å². The quantitative estimate of drug-likeness (QED) is 0.0941. The lowest BCUT2D eigenvalue weighted by molar-refractivity contribution is -0.312. The topological polar surface area (TPSA) is 136 Å². The van der Waals surface area contributed by atoms with Crippen LogP contribution in [0.1, 0.15) is 187 Å². The van der Waals surface area contributed by atoms with Gasteiger partial charge < -0.3 is 38.6 Å². The van der Waals surface area contributed by atoms with Gasteiger partial charge in [0.1, 0.15) is 23.4 Å². The number of hydrogen-bond donors (Lipinski definition) is 2. The van der Waals surface area contributed by atoms with Crippen molar-refractivity contribution in [3.05, 3.63) is 46.5 Å². The number of fused-ring (bicyclic) bond motifs is 4. The SMILES string of the molecule is CO[C@]12CC[C@@]3(C[C@@H]1[C@](C)(O)C(C)(C)C)[C@H]1Cc4ccc(OC(=O)CCCCCC(=O)Oc5ccc6c7c5O[C@H]5[C@@]8(OC)CC[C@@]9(C[C@@H]8[C@](C)(O)C(C)(C)C)[C@@H](C6)N(CC6CC6)CC[C@]759)c5c4[C@@]3(CCN1CC1CC1)[C@H]2O5. The lowest BCUT2D eigenvalue weighted by Gasteiger charge is -2.75. The zero-order valence-corrected chi connectivity index (χ0v) is 48.2. The molecule has 0 aromatic heterocycles. The lowest BCUT2D eigenvalue weighted by atomic mass is 9.33. The van der Waals surface area contributed by atoms with Crippen molar-refractivity contribution in [2.45, 2.75) is 235 Å². The van der Waals surface area contributed by atoms with E-state index in [2.05, 4.69) is 63.5 Å². The molecule has 14 aliphatic rings. The molecule has 8 saturated carbocycles. The number of hydrogen-bond acceptors (Lipinski definition) is 12. The molecule has 2 aromatic rings. The van der Waals surface area contributed by atoms with Crippen LogP contribution in [0.5, 0.6) is 23.0 Å². The average molecular weight is 1060 g/mol. The highest BCUT2D eigenvalue weighted by atomic mass is 16.6. The van der Waals surface area contributed by atoms with Gasteiger partial charge in [0.05, 0.1) is 11.2 Å². The molecule has 8 bridgehead atoms. The van der Waals surface area contributed by atoms with Gasteiger partial charge in [-0.15, -0.1) is 0 Å². The molecule has 10 fully saturated rings. The summed E-state index contributed by atoms with van der Waals surface area (Å²) in [7, 11) is 3.66. The summed E-state index contributed by atoms with van der Waals surface area (Å²) >= 11 is 0. The number of piperidine rings is 2. The van der Waals surface area contributed by atoms with E-state index in [4.69, 9.17) is 28.4 Å². The molecule has 2 aromatic carbocycles. The Kier molecular flexibility index (Phi) is 11.2. The van der Waals surface area contributed by atoms with Crippen molar-refractivity contribution in [1.29, 1.82) is 0 Å². The minimum Gasteiger partial charge on any atom is -0.482 e. The van der Waals surface area contributed by atoms with Gasteiger partial charge in [-0.05, 0) is 176 Å². The molecule has 0 amide bonds. The number of nitrogens with zero attached hydrogens (tertiary/aromatic N) is 2. The number of rotatable bonds is 16. The number of methoxy groups -OCH3 is 2. The van der Waals surface area contributed by atoms with Gasteiger partial charge in [-0.25, -0.2) is 0 Å². The van der Waals surface area contributed by atoms with E-state index in [1.165, 1.54) is 47.9 Å². The summed E-state index contributed by atoms with van der Waals surface area (Å²) in [6.45, 7) is 21.3. The van der Waals surface area contributed by atoms with Crippen LogP contribution >= 0.6 is 0 Å². The first-order chi connectivity index (χ1) is 36.5. The summed E-state index contributed by atoms with van der Waals surface area (Å²) in [5, 5.41) is 25.4. The molecule has 4 spiro atoms. The Balaban J connectivity index is 0.672. The van der Waals surface area contributed by atoms with Crippen molar-refractivity contribution in [3.63, 3.8) is 0 Å². The van der Waals surface area contributed by atoms with Gasteiger partial charge in [-0.1, -0.05) is 60.1 Å². The first kappa shape index (κ1) is 51.9. The van der Waals surface area contributed by atoms with Crippen LogP contribution in [0.4, 0.5) is 0 Å². The Hall–Kier alpha value is -3.26. The molecule has 2 N–H and O–H groups in total. The van der Waals surface area contributed by atoms with E-state index in [1.54, 1.807) is 0 Å². The van der Waals surface area contributed by atoms with Crippen LogP contribution in [0, 0.1) is 45.3 Å². The van der Waals surface area contributed by atoms with Crippen molar-refractivity contribution in [2.24, 2.45) is 45.3 Å². The Morgan fingerprint density at radius 1 is 0.584 bits per heavy atom. The van der Waals surface area contributed by atoms with Gasteiger partial charge in [0, 0.05) is 96.9 Å². The predicted octanol–water partition coefficient (Wildman–Crippen LogP) is 10.2. The van der Waals surface area contributed by atoms with Crippen LogP contribution in [0.3, 0.4) is 0 Å². The van der Waals surface area contributed by atoms with E-state index < -0.39 is 22.4 Å². The van der Waals surface area contributed by atoms with Crippen LogP contribution in [0.2, 0.25) is 0 Å². The van der Waals surface area contributed by atoms with Gasteiger partial charge in [-0.3, -0.25) is 19.4 Å². The molecular weight excluding hydrogens is 969 g/mol. The van der Waals surface area contributed by atoms with Crippen LogP contribution in [-0.4, -0.2) is 119 Å². The number of carbonyl (C=O) groups excluding carboxylic acids is 2. The highest BCUT2D eigenvalue weighted by Crippen LogP contribution is 2.80. The Morgan fingerprint density at radius 2 is 0.987 bits per heavy atom. The number of likely N-dealkylation sites (tertiary alicyclic amines) is 2. The number of benzene rings is 2. The van der Waals surface area contributed by atoms with Crippen LogP contribution in [0.15, 0.2) is 24.3 Å². The molecule has 0 radical (unpaired) electrons. The second-order valence-electron chi connectivity index (χ2n) is 30.1. The maximum atomic E-state index is 13.9. The summed E-state index contributed by atoms with van der Waals surface area (Å²) in [5.41, 5.74) is 0.112. The molecule has 10 aliphatic carbocycles. The van der Waals surface area contributed by atoms with E-state index in [0.717, 1.165) is 102 Å². The van der Waals surface area contributed by atoms with E-state index >= 15 is 0 Å². The second kappa shape index (κ2) is 16.7. The lowest BCUT2D eigenvalue weighted by Crippen LogP contribution is -2.83. The van der Waals surface area contributed by atoms with E-state index in [-0.39, 0.29) is 81.3 Å². The average Bonchev–Trinajstić information content (AvgIpc) is 2.15. The van der Waals surface area contributed by atoms with Crippen LogP contribution < -0.4 is 18.9 Å². The highest BCUT2D eigenvalue weighted by Gasteiger charge is 2.84. The first-order valence-corrected chi connectivity index (χ1v) is 30.6. The summed E-state index contributed by atoms with van der Waals surface area (Å²) in [4.78, 5) is 33.4. The Bertz CT molecular complexity index is 2600. The van der Waals surface area contributed by atoms with E-state index in [9.17, 15) is 19.8 Å². The summed E-state index contributed by atoms with van der Waals surface area (Å²) in [6.07, 6.45) is 16.2. The zero-order chi connectivity index (χ0) is 53.9. The third kappa shape index (κ3) is 6.61. The molecule has 2 saturated heterocycles. The molecule has 77 heavy (non-hydrogen) atoms. The normalized spacial score (nSPS) is 40.2. The van der Waals surface area contributed by atoms with Crippen molar-refractivity contribution in [3.8, 4) is 23.0 Å². The molecule has 16 rings (SSSR count). The number of esters is 2. The van der Waals surface area contributed by atoms with Crippen molar-refractivity contribution in [1.82, 2.24) is 9.80 Å². The second-order valence-corrected chi connectivity index (χ2v) is 30.1. The number of carbonyl (C=O) groups is 2. The number of ether oxygens (including phenoxy) is 6. The van der Waals surface area contributed by atoms with Gasteiger partial charge >= 0.3 is 11.9 Å². The summed E-state index contributed by atoms with van der Waals surface area (Å²) < 4.78 is 41.0. The maximum absolute atomic E-state index is 13.9. The molecule has 12 heteroatoms. The van der Waals surface area contributed by atoms with Gasteiger partial charge in [0.2, 0.25) is 0 Å². The summed E-state index contributed by atoms with van der Waals surface area (Å²) in [6, 6.07) is 9.06. The molecule has 4 heterocycles.